The van der Waals surface area contributed by atoms with Crippen LogP contribution in [0.15, 0.2) is 35.1 Å². The quantitative estimate of drug-likeness (QED) is 0.667. The van der Waals surface area contributed by atoms with Crippen LogP contribution in [0, 0.1) is 0 Å². The Kier molecular flexibility index (Phi) is 3.34. The second kappa shape index (κ2) is 5.32. The molecule has 8 heteroatoms. The molecular weight excluding hydrogens is 288 g/mol. The fourth-order valence-electron chi connectivity index (χ4n) is 2.24. The van der Waals surface area contributed by atoms with Crippen molar-refractivity contribution in [2.75, 3.05) is 6.54 Å². The third kappa shape index (κ3) is 2.41. The predicted molar refractivity (Wildman–Crippen MR) is 75.1 cm³/mol. The molecule has 8 nitrogen and oxygen atoms in total. The van der Waals surface area contributed by atoms with E-state index < -0.39 is 17.7 Å². The molecule has 22 heavy (non-hydrogen) atoms. The predicted octanol–water partition coefficient (Wildman–Crippen LogP) is -0.385. The van der Waals surface area contributed by atoms with Crippen LogP contribution in [-0.4, -0.2) is 39.4 Å². The van der Waals surface area contributed by atoms with Crippen molar-refractivity contribution in [3.63, 3.8) is 0 Å². The molecule has 0 aliphatic carbocycles. The van der Waals surface area contributed by atoms with E-state index in [-0.39, 0.29) is 18.6 Å². The van der Waals surface area contributed by atoms with Crippen molar-refractivity contribution in [2.24, 2.45) is 0 Å². The van der Waals surface area contributed by atoms with E-state index >= 15 is 0 Å². The zero-order valence-corrected chi connectivity index (χ0v) is 11.4. The molecule has 0 bridgehead atoms. The van der Waals surface area contributed by atoms with Crippen LogP contribution in [-0.2, 0) is 11.3 Å². The molecule has 3 N–H and O–H groups in total. The zero-order chi connectivity index (χ0) is 15.7. The molecule has 0 atom stereocenters. The lowest BCUT2D eigenvalue weighted by atomic mass is 10.1. The number of amides is 3. The Morgan fingerprint density at radius 3 is 2.23 bits per heavy atom. The molecule has 0 saturated heterocycles. The average Bonchev–Trinajstić information content (AvgIpc) is 3.03. The molecule has 0 saturated carbocycles. The Bertz CT molecular complexity index is 785. The van der Waals surface area contributed by atoms with E-state index in [4.69, 9.17) is 0 Å². The van der Waals surface area contributed by atoms with Crippen molar-refractivity contribution in [1.29, 1.82) is 0 Å². The van der Waals surface area contributed by atoms with E-state index in [1.54, 1.807) is 24.3 Å². The first-order chi connectivity index (χ1) is 10.6. The maximum atomic E-state index is 12.1. The summed E-state index contributed by atoms with van der Waals surface area (Å²) in [6.45, 7) is -0.262. The molecule has 112 valence electrons. The molecule has 1 aliphatic heterocycles. The minimum Gasteiger partial charge on any atom is -0.349 e. The van der Waals surface area contributed by atoms with Gasteiger partial charge in [-0.15, -0.1) is 0 Å². The fourth-order valence-corrected chi connectivity index (χ4v) is 2.24. The number of H-pyrrole nitrogens is 2. The van der Waals surface area contributed by atoms with Crippen LogP contribution < -0.4 is 10.9 Å². The smallest absolute Gasteiger partial charge is 0.264 e. The number of benzene rings is 1. The van der Waals surface area contributed by atoms with Gasteiger partial charge in [-0.3, -0.25) is 29.2 Å². The van der Waals surface area contributed by atoms with Crippen LogP contribution in [0.4, 0.5) is 0 Å². The van der Waals surface area contributed by atoms with Crippen LogP contribution in [0.5, 0.6) is 0 Å². The van der Waals surface area contributed by atoms with Gasteiger partial charge in [0.25, 0.3) is 17.4 Å². The molecular formula is C14H12N4O4. The summed E-state index contributed by atoms with van der Waals surface area (Å²) in [6.07, 6.45) is 0. The van der Waals surface area contributed by atoms with E-state index in [2.05, 4.69) is 15.5 Å². The lowest BCUT2D eigenvalue weighted by molar-refractivity contribution is -0.121. The van der Waals surface area contributed by atoms with Gasteiger partial charge in [0, 0.05) is 6.07 Å². The fraction of sp³-hybridized carbons (Fsp3) is 0.143. The Labute approximate surface area is 124 Å². The molecule has 2 aromatic rings. The number of rotatable bonds is 4. The number of nitrogens with one attached hydrogen (secondary N) is 3. The van der Waals surface area contributed by atoms with E-state index in [0.29, 0.717) is 16.8 Å². The number of carbonyl (C=O) groups excluding carboxylic acids is 3. The van der Waals surface area contributed by atoms with Crippen molar-refractivity contribution in [2.45, 2.75) is 6.54 Å². The monoisotopic (exact) mass is 300 g/mol. The second-order valence-corrected chi connectivity index (χ2v) is 4.80. The van der Waals surface area contributed by atoms with Crippen LogP contribution in [0.3, 0.4) is 0 Å². The topological polar surface area (TPSA) is 115 Å². The summed E-state index contributed by atoms with van der Waals surface area (Å²) >= 11 is 0. The second-order valence-electron chi connectivity index (χ2n) is 4.80. The number of aromatic amines is 2. The highest BCUT2D eigenvalue weighted by molar-refractivity contribution is 6.22. The lowest BCUT2D eigenvalue weighted by Gasteiger charge is -2.13. The zero-order valence-electron chi connectivity index (χ0n) is 11.4. The first kappa shape index (κ1) is 13.8. The highest BCUT2D eigenvalue weighted by Gasteiger charge is 2.36. The van der Waals surface area contributed by atoms with Crippen molar-refractivity contribution >= 4 is 17.7 Å². The molecule has 0 fully saturated rings. The van der Waals surface area contributed by atoms with Gasteiger partial charge in [0.15, 0.2) is 0 Å². The van der Waals surface area contributed by atoms with Crippen LogP contribution in [0.1, 0.15) is 26.4 Å². The normalized spacial score (nSPS) is 13.4. The van der Waals surface area contributed by atoms with Crippen LogP contribution >= 0.6 is 0 Å². The van der Waals surface area contributed by atoms with Gasteiger partial charge < -0.3 is 10.4 Å². The molecule has 0 radical (unpaired) electrons. The molecule has 1 aromatic carbocycles. The average molecular weight is 300 g/mol. The van der Waals surface area contributed by atoms with Gasteiger partial charge in [-0.2, -0.15) is 0 Å². The van der Waals surface area contributed by atoms with Crippen LogP contribution in [0.2, 0.25) is 0 Å². The molecule has 1 aliphatic rings. The van der Waals surface area contributed by atoms with Gasteiger partial charge >= 0.3 is 0 Å². The summed E-state index contributed by atoms with van der Waals surface area (Å²) in [4.78, 5) is 47.9. The molecule has 1 aromatic heterocycles. The lowest BCUT2D eigenvalue weighted by Crippen LogP contribution is -2.40. The van der Waals surface area contributed by atoms with Crippen molar-refractivity contribution in [1.82, 2.24) is 20.4 Å². The van der Waals surface area contributed by atoms with E-state index in [1.807, 2.05) is 0 Å². The van der Waals surface area contributed by atoms with Crippen molar-refractivity contribution < 1.29 is 14.4 Å². The Hall–Kier alpha value is -3.16. The summed E-state index contributed by atoms with van der Waals surface area (Å²) in [5, 5.41) is 7.46. The van der Waals surface area contributed by atoms with Crippen molar-refractivity contribution in [3.05, 3.63) is 57.5 Å². The largest absolute Gasteiger partial charge is 0.349 e. The van der Waals surface area contributed by atoms with E-state index in [0.717, 1.165) is 4.90 Å². The third-order valence-electron chi connectivity index (χ3n) is 3.31. The summed E-state index contributed by atoms with van der Waals surface area (Å²) in [5.74, 6) is -1.45. The number of carbonyl (C=O) groups is 3. The number of nitrogens with zero attached hydrogens (tertiary/aromatic N) is 1. The Morgan fingerprint density at radius 2 is 1.68 bits per heavy atom. The van der Waals surface area contributed by atoms with Gasteiger partial charge in [-0.1, -0.05) is 12.1 Å². The number of aromatic nitrogens is 2. The summed E-state index contributed by atoms with van der Waals surface area (Å²) in [7, 11) is 0. The van der Waals surface area contributed by atoms with Crippen molar-refractivity contribution in [3.8, 4) is 0 Å². The highest BCUT2D eigenvalue weighted by Crippen LogP contribution is 2.21. The molecule has 3 amide bonds. The van der Waals surface area contributed by atoms with Crippen LogP contribution in [0.25, 0.3) is 0 Å². The Balaban J connectivity index is 1.64. The molecule has 0 spiro atoms. The number of imide groups is 1. The standard InChI is InChI=1S/C14H12N4O4/c19-11-5-8(16-17-11)6-15-12(20)7-18-13(21)9-3-1-2-4-10(9)14(18)22/h1-5H,6-7H2,(H,15,20)(H2,16,17,19). The summed E-state index contributed by atoms with van der Waals surface area (Å²) in [5.41, 5.74) is 0.802. The van der Waals surface area contributed by atoms with Gasteiger partial charge in [-0.25, -0.2) is 0 Å². The molecule has 3 rings (SSSR count). The number of hydrogen-bond acceptors (Lipinski definition) is 4. The van der Waals surface area contributed by atoms with Gasteiger partial charge in [0.05, 0.1) is 23.4 Å². The Morgan fingerprint density at radius 1 is 1.05 bits per heavy atom. The minimum atomic E-state index is -0.489. The molecule has 2 heterocycles. The minimum absolute atomic E-state index is 0.0980. The molecule has 0 unspecified atom stereocenters. The maximum absolute atomic E-state index is 12.1. The first-order valence-corrected chi connectivity index (χ1v) is 6.55. The third-order valence-corrected chi connectivity index (χ3v) is 3.31. The first-order valence-electron chi connectivity index (χ1n) is 6.55. The van der Waals surface area contributed by atoms with E-state index in [9.17, 15) is 19.2 Å². The number of fused-ring (bicyclic) bond motifs is 1. The summed E-state index contributed by atoms with van der Waals surface area (Å²) in [6, 6.07) is 7.74. The number of hydrogen-bond donors (Lipinski definition) is 3. The SMILES string of the molecule is O=C(CN1C(=O)c2ccccc2C1=O)NCc1cc(=O)[nH][nH]1. The van der Waals surface area contributed by atoms with Gasteiger partial charge in [0.1, 0.15) is 6.54 Å². The van der Waals surface area contributed by atoms with Gasteiger partial charge in [0.2, 0.25) is 5.91 Å². The van der Waals surface area contributed by atoms with Gasteiger partial charge in [-0.05, 0) is 12.1 Å². The summed E-state index contributed by atoms with van der Waals surface area (Å²) < 4.78 is 0. The van der Waals surface area contributed by atoms with E-state index in [1.165, 1.54) is 6.07 Å². The highest BCUT2D eigenvalue weighted by atomic mass is 16.2. The maximum Gasteiger partial charge on any atom is 0.264 e.